The van der Waals surface area contributed by atoms with Gasteiger partial charge in [-0.2, -0.15) is 0 Å². The molecular weight excluding hydrogens is 474 g/mol. The Labute approximate surface area is 220 Å². The number of alkyl carbamates (subject to hydrolysis) is 1. The van der Waals surface area contributed by atoms with Gasteiger partial charge >= 0.3 is 12.1 Å². The maximum Gasteiger partial charge on any atom is 0.408 e. The Kier molecular flexibility index (Phi) is 11.4. The first kappa shape index (κ1) is 30.1. The molecule has 37 heavy (non-hydrogen) atoms. The first-order chi connectivity index (χ1) is 17.3. The molecule has 0 heterocycles. The van der Waals surface area contributed by atoms with Gasteiger partial charge in [-0.1, -0.05) is 44.2 Å². The van der Waals surface area contributed by atoms with Crippen LogP contribution < -0.4 is 16.0 Å². The number of nitrogens with one attached hydrogen (secondary N) is 3. The first-order valence-corrected chi connectivity index (χ1v) is 13.2. The highest BCUT2D eigenvalue weighted by atomic mass is 16.6. The van der Waals surface area contributed by atoms with Crippen molar-refractivity contribution in [1.29, 1.82) is 0 Å². The van der Waals surface area contributed by atoms with E-state index in [0.29, 0.717) is 32.2 Å². The summed E-state index contributed by atoms with van der Waals surface area (Å²) in [7, 11) is 0. The van der Waals surface area contributed by atoms with Crippen molar-refractivity contribution < 1.29 is 29.0 Å². The van der Waals surface area contributed by atoms with E-state index in [1.165, 1.54) is 0 Å². The molecule has 206 valence electrons. The Morgan fingerprint density at radius 3 is 2.14 bits per heavy atom. The number of carboxylic acid groups (broad SMARTS) is 1. The summed E-state index contributed by atoms with van der Waals surface area (Å²) in [5, 5.41) is 17.8. The highest BCUT2D eigenvalue weighted by molar-refractivity contribution is 5.86. The molecule has 1 aromatic rings. The predicted octanol–water partition coefficient (Wildman–Crippen LogP) is 3.66. The summed E-state index contributed by atoms with van der Waals surface area (Å²) in [6.07, 6.45) is 2.87. The minimum atomic E-state index is -1.01. The molecule has 1 aliphatic rings. The average molecular weight is 518 g/mol. The van der Waals surface area contributed by atoms with E-state index in [2.05, 4.69) is 16.0 Å². The Hall–Kier alpha value is -3.10. The van der Waals surface area contributed by atoms with Crippen LogP contribution in [0.1, 0.15) is 72.3 Å². The van der Waals surface area contributed by atoms with Crippen LogP contribution in [0.15, 0.2) is 30.3 Å². The van der Waals surface area contributed by atoms with E-state index >= 15 is 0 Å². The number of benzene rings is 1. The lowest BCUT2D eigenvalue weighted by Crippen LogP contribution is -2.50. The molecule has 0 spiro atoms. The molecule has 0 unspecified atom stereocenters. The molecule has 1 aliphatic carbocycles. The lowest BCUT2D eigenvalue weighted by molar-refractivity contribution is -0.143. The van der Waals surface area contributed by atoms with E-state index in [0.717, 1.165) is 18.4 Å². The molecule has 0 saturated heterocycles. The number of aliphatic carboxylic acids is 1. The van der Waals surface area contributed by atoms with Crippen LogP contribution in [0.2, 0.25) is 0 Å². The van der Waals surface area contributed by atoms with Gasteiger partial charge in [0.15, 0.2) is 0 Å². The number of hydrogen-bond donors (Lipinski definition) is 4. The molecule has 9 heteroatoms. The second kappa shape index (κ2) is 14.0. The van der Waals surface area contributed by atoms with Gasteiger partial charge in [0.25, 0.3) is 0 Å². The predicted molar refractivity (Wildman–Crippen MR) is 141 cm³/mol. The highest BCUT2D eigenvalue weighted by Gasteiger charge is 2.31. The van der Waals surface area contributed by atoms with Crippen LogP contribution in [0, 0.1) is 17.8 Å². The fourth-order valence-corrected chi connectivity index (χ4v) is 4.49. The maximum absolute atomic E-state index is 13.0. The fourth-order valence-electron chi connectivity index (χ4n) is 4.49. The zero-order valence-electron chi connectivity index (χ0n) is 22.7. The molecule has 0 radical (unpaired) electrons. The van der Waals surface area contributed by atoms with Gasteiger partial charge in [0.05, 0.1) is 0 Å². The molecular formula is C28H43N3O6. The third kappa shape index (κ3) is 11.2. The van der Waals surface area contributed by atoms with Crippen molar-refractivity contribution in [2.75, 3.05) is 6.54 Å². The molecule has 1 fully saturated rings. The van der Waals surface area contributed by atoms with Gasteiger partial charge in [-0.05, 0) is 70.3 Å². The summed E-state index contributed by atoms with van der Waals surface area (Å²) in [6.45, 7) is 9.59. The van der Waals surface area contributed by atoms with E-state index in [1.54, 1.807) is 20.8 Å². The Balaban J connectivity index is 1.88. The van der Waals surface area contributed by atoms with Crippen molar-refractivity contribution in [2.45, 2.75) is 90.8 Å². The molecule has 3 amide bonds. The molecule has 1 saturated carbocycles. The van der Waals surface area contributed by atoms with Crippen molar-refractivity contribution >= 4 is 23.9 Å². The van der Waals surface area contributed by atoms with Crippen LogP contribution >= 0.6 is 0 Å². The lowest BCUT2D eigenvalue weighted by atomic mass is 9.81. The van der Waals surface area contributed by atoms with Gasteiger partial charge in [0, 0.05) is 18.9 Å². The number of ether oxygens (including phenoxy) is 1. The van der Waals surface area contributed by atoms with Gasteiger partial charge in [0.1, 0.15) is 17.7 Å². The lowest BCUT2D eigenvalue weighted by Gasteiger charge is -2.29. The van der Waals surface area contributed by atoms with Gasteiger partial charge < -0.3 is 25.8 Å². The van der Waals surface area contributed by atoms with E-state index in [4.69, 9.17) is 4.74 Å². The van der Waals surface area contributed by atoms with Crippen molar-refractivity contribution in [3.8, 4) is 0 Å². The zero-order chi connectivity index (χ0) is 27.6. The zero-order valence-corrected chi connectivity index (χ0v) is 22.7. The molecule has 2 rings (SSSR count). The van der Waals surface area contributed by atoms with Crippen LogP contribution in [-0.2, 0) is 25.5 Å². The summed E-state index contributed by atoms with van der Waals surface area (Å²) < 4.78 is 5.34. The van der Waals surface area contributed by atoms with Gasteiger partial charge in [-0.3, -0.25) is 9.59 Å². The van der Waals surface area contributed by atoms with Crippen molar-refractivity contribution in [3.05, 3.63) is 35.9 Å². The topological polar surface area (TPSA) is 134 Å². The molecule has 0 bridgehead atoms. The van der Waals surface area contributed by atoms with Crippen LogP contribution in [-0.4, -0.2) is 53.2 Å². The Bertz CT molecular complexity index is 904. The molecule has 2 atom stereocenters. The third-order valence-electron chi connectivity index (χ3n) is 6.39. The number of rotatable bonds is 11. The Morgan fingerprint density at radius 1 is 0.973 bits per heavy atom. The number of amides is 3. The standard InChI is InChI=1S/C28H43N3O6/c1-18(2)15-23(26(34)35)30-24(32)21-13-11-20(12-14-21)17-29-25(33)22(16-19-9-7-6-8-10-19)31-27(36)37-28(3,4)5/h6-10,18,20-23H,11-17H2,1-5H3,(H,29,33)(H,30,32)(H,31,36)(H,34,35)/t20?,21?,22-,23-/m0/s1. The fraction of sp³-hybridized carbons (Fsp3) is 0.643. The normalized spacial score (nSPS) is 19.4. The quantitative estimate of drug-likeness (QED) is 0.354. The molecule has 0 aromatic heterocycles. The van der Waals surface area contributed by atoms with Gasteiger partial charge in [-0.25, -0.2) is 9.59 Å². The number of hydrogen-bond acceptors (Lipinski definition) is 5. The summed E-state index contributed by atoms with van der Waals surface area (Å²) in [4.78, 5) is 49.5. The SMILES string of the molecule is CC(C)C[C@H](NC(=O)C1CCC(CNC(=O)[C@H](Cc2ccccc2)NC(=O)OC(C)(C)C)CC1)C(=O)O. The van der Waals surface area contributed by atoms with Crippen molar-refractivity contribution in [2.24, 2.45) is 17.8 Å². The molecule has 9 nitrogen and oxygen atoms in total. The largest absolute Gasteiger partial charge is 0.480 e. The van der Waals surface area contributed by atoms with Crippen molar-refractivity contribution in [1.82, 2.24) is 16.0 Å². The number of carbonyl (C=O) groups excluding carboxylic acids is 3. The molecule has 1 aromatic carbocycles. The average Bonchev–Trinajstić information content (AvgIpc) is 2.81. The van der Waals surface area contributed by atoms with E-state index < -0.39 is 29.7 Å². The number of carboxylic acids is 1. The third-order valence-corrected chi connectivity index (χ3v) is 6.39. The summed E-state index contributed by atoms with van der Waals surface area (Å²) >= 11 is 0. The highest BCUT2D eigenvalue weighted by Crippen LogP contribution is 2.29. The summed E-state index contributed by atoms with van der Waals surface area (Å²) in [5.41, 5.74) is 0.240. The van der Waals surface area contributed by atoms with E-state index in [-0.39, 0.29) is 29.6 Å². The van der Waals surface area contributed by atoms with E-state index in [9.17, 15) is 24.3 Å². The summed E-state index contributed by atoms with van der Waals surface area (Å²) in [6, 6.07) is 7.81. The maximum atomic E-state index is 13.0. The van der Waals surface area contributed by atoms with Gasteiger partial charge in [-0.15, -0.1) is 0 Å². The van der Waals surface area contributed by atoms with Crippen LogP contribution in [0.5, 0.6) is 0 Å². The molecule has 4 N–H and O–H groups in total. The second-order valence-corrected chi connectivity index (χ2v) is 11.4. The number of carbonyl (C=O) groups is 4. The van der Waals surface area contributed by atoms with E-state index in [1.807, 2.05) is 44.2 Å². The van der Waals surface area contributed by atoms with Crippen LogP contribution in [0.25, 0.3) is 0 Å². The smallest absolute Gasteiger partial charge is 0.408 e. The first-order valence-electron chi connectivity index (χ1n) is 13.2. The Morgan fingerprint density at radius 2 is 1.59 bits per heavy atom. The minimum Gasteiger partial charge on any atom is -0.480 e. The van der Waals surface area contributed by atoms with Crippen molar-refractivity contribution in [3.63, 3.8) is 0 Å². The summed E-state index contributed by atoms with van der Waals surface area (Å²) in [5.74, 6) is -1.36. The monoisotopic (exact) mass is 517 g/mol. The van der Waals surface area contributed by atoms with Crippen LogP contribution in [0.3, 0.4) is 0 Å². The molecule has 0 aliphatic heterocycles. The van der Waals surface area contributed by atoms with Crippen LogP contribution in [0.4, 0.5) is 4.79 Å². The van der Waals surface area contributed by atoms with Gasteiger partial charge in [0.2, 0.25) is 11.8 Å². The minimum absolute atomic E-state index is 0.163. The second-order valence-electron chi connectivity index (χ2n) is 11.4.